The Morgan fingerprint density at radius 1 is 1.42 bits per heavy atom. The average molecular weight is 331 g/mol. The van der Waals surface area contributed by atoms with Crippen molar-refractivity contribution in [2.24, 2.45) is 0 Å². The van der Waals surface area contributed by atoms with Crippen molar-refractivity contribution < 1.29 is 24.5 Å². The molecule has 0 radical (unpaired) electrons. The summed E-state index contributed by atoms with van der Waals surface area (Å²) in [5.74, 6) is -0.912. The summed E-state index contributed by atoms with van der Waals surface area (Å²) in [6, 6.07) is 4.64. The van der Waals surface area contributed by atoms with Gasteiger partial charge >= 0.3 is 5.97 Å². The van der Waals surface area contributed by atoms with Crippen molar-refractivity contribution >= 4 is 27.7 Å². The first kappa shape index (κ1) is 15.7. The molecule has 0 bridgehead atoms. The van der Waals surface area contributed by atoms with Gasteiger partial charge in [-0.3, -0.25) is 4.79 Å². The lowest BCUT2D eigenvalue weighted by Crippen LogP contribution is -2.15. The van der Waals surface area contributed by atoms with Crippen LogP contribution in [0.2, 0.25) is 0 Å². The lowest BCUT2D eigenvalue weighted by Gasteiger charge is -2.13. The molecule has 0 saturated carbocycles. The molecule has 0 fully saturated rings. The smallest absolute Gasteiger partial charge is 0.337 e. The number of ether oxygens (including phenoxy) is 1. The van der Waals surface area contributed by atoms with Crippen LogP contribution >= 0.6 is 15.9 Å². The van der Waals surface area contributed by atoms with Crippen LogP contribution in [0.1, 0.15) is 24.2 Å². The number of halogens is 1. The van der Waals surface area contributed by atoms with Gasteiger partial charge in [0.05, 0.1) is 11.9 Å². The third kappa shape index (κ3) is 4.33. The SMILES string of the molecule is CCOc1ccc(C(O)C(=O)O)c(CC(=O)CBr)c1. The lowest BCUT2D eigenvalue weighted by atomic mass is 9.98. The van der Waals surface area contributed by atoms with Crippen molar-refractivity contribution in [2.45, 2.75) is 19.4 Å². The summed E-state index contributed by atoms with van der Waals surface area (Å²) in [6.07, 6.45) is -1.60. The predicted octanol–water partition coefficient (Wildman–Crippen LogP) is 1.71. The molecule has 1 unspecified atom stereocenters. The zero-order valence-electron chi connectivity index (χ0n) is 10.4. The first-order valence-electron chi connectivity index (χ1n) is 5.73. The molecular formula is C13H15BrO5. The molecule has 19 heavy (non-hydrogen) atoms. The molecule has 1 aromatic carbocycles. The number of carboxylic acid groups (broad SMARTS) is 1. The van der Waals surface area contributed by atoms with Crippen LogP contribution in [0.4, 0.5) is 0 Å². The highest BCUT2D eigenvalue weighted by molar-refractivity contribution is 9.09. The minimum Gasteiger partial charge on any atom is -0.494 e. The van der Waals surface area contributed by atoms with Gasteiger partial charge in [-0.1, -0.05) is 22.0 Å². The van der Waals surface area contributed by atoms with Crippen molar-refractivity contribution in [1.29, 1.82) is 0 Å². The minimum absolute atomic E-state index is 0.0475. The highest BCUT2D eigenvalue weighted by Crippen LogP contribution is 2.24. The fraction of sp³-hybridized carbons (Fsp3) is 0.385. The van der Waals surface area contributed by atoms with Gasteiger partial charge in [0, 0.05) is 6.42 Å². The second kappa shape index (κ2) is 7.25. The third-order valence-electron chi connectivity index (χ3n) is 2.49. The van der Waals surface area contributed by atoms with Crippen molar-refractivity contribution in [3.8, 4) is 5.75 Å². The van der Waals surface area contributed by atoms with Crippen molar-refractivity contribution in [1.82, 2.24) is 0 Å². The largest absolute Gasteiger partial charge is 0.494 e. The average Bonchev–Trinajstić information content (AvgIpc) is 2.38. The summed E-state index contributed by atoms with van der Waals surface area (Å²) in [4.78, 5) is 22.3. The first-order chi connectivity index (χ1) is 8.99. The number of aliphatic hydroxyl groups excluding tert-OH is 1. The molecule has 0 saturated heterocycles. The number of ketones is 1. The number of aliphatic carboxylic acids is 1. The van der Waals surface area contributed by atoms with Gasteiger partial charge in [-0.25, -0.2) is 4.79 Å². The zero-order valence-corrected chi connectivity index (χ0v) is 12.0. The molecule has 6 heteroatoms. The van der Waals surface area contributed by atoms with Gasteiger partial charge in [0.1, 0.15) is 11.5 Å². The second-order valence-corrected chi connectivity index (χ2v) is 4.44. The number of Topliss-reactive ketones (excluding diaryl/α,β-unsaturated/α-hetero) is 1. The van der Waals surface area contributed by atoms with Crippen LogP contribution in [0.5, 0.6) is 5.75 Å². The highest BCUT2D eigenvalue weighted by Gasteiger charge is 2.21. The Balaban J connectivity index is 3.14. The molecule has 0 aliphatic rings. The fourth-order valence-corrected chi connectivity index (χ4v) is 1.85. The summed E-state index contributed by atoms with van der Waals surface area (Å²) in [5, 5.41) is 18.6. The van der Waals surface area contributed by atoms with E-state index in [-0.39, 0.29) is 23.1 Å². The monoisotopic (exact) mass is 330 g/mol. The van der Waals surface area contributed by atoms with E-state index in [9.17, 15) is 14.7 Å². The van der Waals surface area contributed by atoms with Crippen LogP contribution < -0.4 is 4.74 Å². The standard InChI is InChI=1S/C13H15BrO5/c1-2-19-10-3-4-11(12(16)13(17)18)8(6-10)5-9(15)7-14/h3-4,6,12,16H,2,5,7H2,1H3,(H,17,18). The Morgan fingerprint density at radius 2 is 2.11 bits per heavy atom. The van der Waals surface area contributed by atoms with Crippen molar-refractivity contribution in [3.63, 3.8) is 0 Å². The van der Waals surface area contributed by atoms with Gasteiger partial charge in [0.2, 0.25) is 0 Å². The maximum atomic E-state index is 11.5. The van der Waals surface area contributed by atoms with Crippen LogP contribution in [-0.4, -0.2) is 33.9 Å². The van der Waals surface area contributed by atoms with E-state index in [0.29, 0.717) is 17.9 Å². The molecule has 0 amide bonds. The van der Waals surface area contributed by atoms with E-state index >= 15 is 0 Å². The number of alkyl halides is 1. The number of carboxylic acids is 1. The Hall–Kier alpha value is -1.40. The van der Waals surface area contributed by atoms with Crippen molar-refractivity contribution in [3.05, 3.63) is 29.3 Å². The van der Waals surface area contributed by atoms with Gasteiger partial charge in [0.25, 0.3) is 0 Å². The Bertz CT molecular complexity index is 472. The van der Waals surface area contributed by atoms with E-state index in [1.54, 1.807) is 12.1 Å². The van der Waals surface area contributed by atoms with Gasteiger partial charge in [-0.2, -0.15) is 0 Å². The highest BCUT2D eigenvalue weighted by atomic mass is 79.9. The number of hydrogen-bond donors (Lipinski definition) is 2. The fourth-order valence-electron chi connectivity index (χ4n) is 1.65. The third-order valence-corrected chi connectivity index (χ3v) is 3.12. The van der Waals surface area contributed by atoms with Crippen LogP contribution in [0, 0.1) is 0 Å². The number of carbonyl (C=O) groups is 2. The van der Waals surface area contributed by atoms with Crippen LogP contribution in [0.3, 0.4) is 0 Å². The normalized spacial score (nSPS) is 11.9. The Labute approximate surface area is 119 Å². The van der Waals surface area contributed by atoms with Crippen LogP contribution in [0.15, 0.2) is 18.2 Å². The molecule has 1 rings (SSSR count). The maximum absolute atomic E-state index is 11.5. The summed E-state index contributed by atoms with van der Waals surface area (Å²) in [6.45, 7) is 2.29. The number of rotatable bonds is 7. The van der Waals surface area contributed by atoms with Gasteiger partial charge in [-0.15, -0.1) is 0 Å². The minimum atomic E-state index is -1.64. The Morgan fingerprint density at radius 3 is 2.63 bits per heavy atom. The predicted molar refractivity (Wildman–Crippen MR) is 72.7 cm³/mol. The zero-order chi connectivity index (χ0) is 14.4. The molecule has 0 heterocycles. The van der Waals surface area contributed by atoms with Gasteiger partial charge in [-0.05, 0) is 30.2 Å². The van der Waals surface area contributed by atoms with Crippen molar-refractivity contribution in [2.75, 3.05) is 11.9 Å². The number of hydrogen-bond acceptors (Lipinski definition) is 4. The van der Waals surface area contributed by atoms with E-state index in [2.05, 4.69) is 15.9 Å². The van der Waals surface area contributed by atoms with E-state index in [0.717, 1.165) is 0 Å². The van der Waals surface area contributed by atoms with Gasteiger partial charge < -0.3 is 14.9 Å². The summed E-state index contributed by atoms with van der Waals surface area (Å²) >= 11 is 3.05. The molecule has 0 aliphatic carbocycles. The van der Waals surface area contributed by atoms with Crippen LogP contribution in [-0.2, 0) is 16.0 Å². The first-order valence-corrected chi connectivity index (χ1v) is 6.85. The van der Waals surface area contributed by atoms with E-state index in [4.69, 9.17) is 9.84 Å². The molecule has 104 valence electrons. The molecule has 5 nitrogen and oxygen atoms in total. The molecule has 1 atom stereocenters. The van der Waals surface area contributed by atoms with Gasteiger partial charge in [0.15, 0.2) is 6.10 Å². The number of carbonyl (C=O) groups excluding carboxylic acids is 1. The van der Waals surface area contributed by atoms with E-state index < -0.39 is 12.1 Å². The molecule has 0 aromatic heterocycles. The summed E-state index contributed by atoms with van der Waals surface area (Å²) in [7, 11) is 0. The number of aliphatic hydroxyl groups is 1. The molecule has 0 aliphatic heterocycles. The van der Waals surface area contributed by atoms with Crippen LogP contribution in [0.25, 0.3) is 0 Å². The maximum Gasteiger partial charge on any atom is 0.337 e. The molecule has 1 aromatic rings. The second-order valence-electron chi connectivity index (χ2n) is 3.88. The molecule has 0 spiro atoms. The Kier molecular flexibility index (Phi) is 5.98. The molecule has 2 N–H and O–H groups in total. The quantitative estimate of drug-likeness (QED) is 0.743. The summed E-state index contributed by atoms with van der Waals surface area (Å²) < 4.78 is 5.30. The number of benzene rings is 1. The lowest BCUT2D eigenvalue weighted by molar-refractivity contribution is -0.147. The molecular weight excluding hydrogens is 316 g/mol. The topological polar surface area (TPSA) is 83.8 Å². The van der Waals surface area contributed by atoms with E-state index in [1.165, 1.54) is 6.07 Å². The van der Waals surface area contributed by atoms with E-state index in [1.807, 2.05) is 6.92 Å². The summed E-state index contributed by atoms with van der Waals surface area (Å²) in [5.41, 5.74) is 0.676.